The van der Waals surface area contributed by atoms with Gasteiger partial charge in [0.2, 0.25) is 0 Å². The van der Waals surface area contributed by atoms with E-state index in [9.17, 15) is 0 Å². The molecule has 0 bridgehead atoms. The first kappa shape index (κ1) is 19.8. The summed E-state index contributed by atoms with van der Waals surface area (Å²) in [5, 5.41) is 7.87. The summed E-state index contributed by atoms with van der Waals surface area (Å²) in [6.45, 7) is 0.926. The molecule has 5 rings (SSSR count). The number of ether oxygens (including phenoxy) is 2. The minimum atomic E-state index is 0.432. The van der Waals surface area contributed by atoms with Crippen LogP contribution in [0.1, 0.15) is 22.6 Å². The maximum absolute atomic E-state index is 5.91. The Morgan fingerprint density at radius 1 is 0.688 bits per heavy atom. The Kier molecular flexibility index (Phi) is 5.74. The van der Waals surface area contributed by atoms with Crippen molar-refractivity contribution >= 4 is 10.9 Å². The summed E-state index contributed by atoms with van der Waals surface area (Å²) in [4.78, 5) is 8.79. The van der Waals surface area contributed by atoms with Crippen LogP contribution in [0.25, 0.3) is 10.9 Å². The lowest BCUT2D eigenvalue weighted by molar-refractivity contribution is 0.298. The highest BCUT2D eigenvalue weighted by Gasteiger charge is 2.03. The predicted octanol–water partition coefficient (Wildman–Crippen LogP) is 5.10. The molecular weight excluding hydrogens is 400 g/mol. The Morgan fingerprint density at radius 2 is 1.41 bits per heavy atom. The Bertz CT molecular complexity index is 1280. The zero-order valence-electron chi connectivity index (χ0n) is 17.4. The van der Waals surface area contributed by atoms with Gasteiger partial charge in [0.1, 0.15) is 36.9 Å². The molecule has 2 aromatic heterocycles. The fourth-order valence-corrected chi connectivity index (χ4v) is 3.41. The van der Waals surface area contributed by atoms with Crippen molar-refractivity contribution in [2.45, 2.75) is 19.6 Å². The summed E-state index contributed by atoms with van der Waals surface area (Å²) < 4.78 is 11.8. The summed E-state index contributed by atoms with van der Waals surface area (Å²) in [6.07, 6.45) is 2.24. The number of rotatable bonds is 8. The Balaban J connectivity index is 1.12. The second-order valence-corrected chi connectivity index (χ2v) is 7.47. The van der Waals surface area contributed by atoms with E-state index >= 15 is 0 Å². The molecule has 0 saturated carbocycles. The fourth-order valence-electron chi connectivity index (χ4n) is 3.41. The van der Waals surface area contributed by atoms with Crippen molar-refractivity contribution in [1.82, 2.24) is 20.2 Å². The van der Waals surface area contributed by atoms with Crippen molar-refractivity contribution in [2.75, 3.05) is 0 Å². The first-order valence-electron chi connectivity index (χ1n) is 10.4. The van der Waals surface area contributed by atoms with Crippen LogP contribution in [0.3, 0.4) is 0 Å². The molecular formula is C26H22N4O2. The lowest BCUT2D eigenvalue weighted by Crippen LogP contribution is -1.99. The number of aromatic amines is 1. The maximum Gasteiger partial charge on any atom is 0.137 e. The molecule has 0 spiro atoms. The molecule has 158 valence electrons. The van der Waals surface area contributed by atoms with E-state index in [1.807, 2.05) is 72.8 Å². The van der Waals surface area contributed by atoms with E-state index in [0.29, 0.717) is 13.2 Å². The number of aromatic nitrogens is 4. The summed E-state index contributed by atoms with van der Waals surface area (Å²) in [6, 6.07) is 28.1. The number of fused-ring (bicyclic) bond motifs is 1. The molecule has 0 fully saturated rings. The van der Waals surface area contributed by atoms with Crippen LogP contribution in [0.5, 0.6) is 11.5 Å². The van der Waals surface area contributed by atoms with Crippen molar-refractivity contribution in [3.63, 3.8) is 0 Å². The van der Waals surface area contributed by atoms with Gasteiger partial charge in [-0.15, -0.1) is 0 Å². The van der Waals surface area contributed by atoms with Crippen LogP contribution < -0.4 is 9.47 Å². The van der Waals surface area contributed by atoms with Gasteiger partial charge in [0.05, 0.1) is 11.2 Å². The normalized spacial score (nSPS) is 10.9. The number of H-pyrrole nitrogens is 1. The van der Waals surface area contributed by atoms with Gasteiger partial charge in [0.25, 0.3) is 0 Å². The topological polar surface area (TPSA) is 72.9 Å². The van der Waals surface area contributed by atoms with E-state index in [2.05, 4.69) is 32.3 Å². The first-order valence-corrected chi connectivity index (χ1v) is 10.4. The van der Waals surface area contributed by atoms with Gasteiger partial charge in [-0.3, -0.25) is 5.10 Å². The smallest absolute Gasteiger partial charge is 0.137 e. The second kappa shape index (κ2) is 9.31. The highest BCUT2D eigenvalue weighted by atomic mass is 16.5. The van der Waals surface area contributed by atoms with Gasteiger partial charge in [0.15, 0.2) is 0 Å². The third-order valence-electron chi connectivity index (χ3n) is 5.13. The van der Waals surface area contributed by atoms with Crippen molar-refractivity contribution in [1.29, 1.82) is 0 Å². The van der Waals surface area contributed by atoms with E-state index in [1.165, 1.54) is 6.33 Å². The highest BCUT2D eigenvalue weighted by Crippen LogP contribution is 2.19. The van der Waals surface area contributed by atoms with Crippen LogP contribution in [-0.2, 0) is 19.6 Å². The van der Waals surface area contributed by atoms with E-state index < -0.39 is 0 Å². The van der Waals surface area contributed by atoms with E-state index in [1.54, 1.807) is 0 Å². The fraction of sp³-hybridized carbons (Fsp3) is 0.115. The molecule has 0 saturated heterocycles. The number of nitrogens with one attached hydrogen (secondary N) is 1. The van der Waals surface area contributed by atoms with Crippen LogP contribution in [0.15, 0.2) is 91.3 Å². The lowest BCUT2D eigenvalue weighted by Gasteiger charge is -2.09. The quantitative estimate of drug-likeness (QED) is 0.377. The van der Waals surface area contributed by atoms with Crippen LogP contribution in [0.2, 0.25) is 0 Å². The van der Waals surface area contributed by atoms with Gasteiger partial charge in [-0.1, -0.05) is 48.5 Å². The molecule has 0 radical (unpaired) electrons. The predicted molar refractivity (Wildman–Crippen MR) is 122 cm³/mol. The van der Waals surface area contributed by atoms with Gasteiger partial charge < -0.3 is 9.47 Å². The van der Waals surface area contributed by atoms with Crippen LogP contribution >= 0.6 is 0 Å². The molecule has 0 aliphatic rings. The number of hydrogen-bond acceptors (Lipinski definition) is 5. The van der Waals surface area contributed by atoms with E-state index in [-0.39, 0.29) is 0 Å². The van der Waals surface area contributed by atoms with Gasteiger partial charge in [-0.05, 0) is 47.5 Å². The number of benzene rings is 3. The summed E-state index contributed by atoms with van der Waals surface area (Å²) in [7, 11) is 0. The first-order chi connectivity index (χ1) is 15.8. The second-order valence-electron chi connectivity index (χ2n) is 7.47. The molecule has 0 amide bonds. The minimum absolute atomic E-state index is 0.432. The van der Waals surface area contributed by atoms with Crippen molar-refractivity contribution in [3.8, 4) is 11.5 Å². The van der Waals surface area contributed by atoms with Crippen molar-refractivity contribution < 1.29 is 9.47 Å². The zero-order valence-corrected chi connectivity index (χ0v) is 17.4. The average molecular weight is 422 g/mol. The standard InChI is InChI=1S/C26H22N4O2/c1-2-4-25-21(3-1)9-10-22(29-25)17-32-24-13-7-20(8-14-24)16-31-23-11-5-19(6-12-23)15-26-27-18-28-30-26/h1-14,18H,15-17H2,(H,27,28,30). The van der Waals surface area contributed by atoms with Gasteiger partial charge in [-0.2, -0.15) is 5.10 Å². The maximum atomic E-state index is 5.91. The molecule has 0 aliphatic heterocycles. The third-order valence-corrected chi connectivity index (χ3v) is 5.13. The zero-order chi connectivity index (χ0) is 21.6. The Hall–Kier alpha value is -4.19. The molecule has 32 heavy (non-hydrogen) atoms. The number of nitrogens with zero attached hydrogens (tertiary/aromatic N) is 3. The Morgan fingerprint density at radius 3 is 2.16 bits per heavy atom. The van der Waals surface area contributed by atoms with Crippen molar-refractivity contribution in [3.05, 3.63) is 114 Å². The molecule has 2 heterocycles. The molecule has 0 unspecified atom stereocenters. The van der Waals surface area contributed by atoms with Gasteiger partial charge in [0, 0.05) is 11.8 Å². The van der Waals surface area contributed by atoms with Gasteiger partial charge >= 0.3 is 0 Å². The minimum Gasteiger partial charge on any atom is -0.489 e. The average Bonchev–Trinajstić information content (AvgIpc) is 3.36. The van der Waals surface area contributed by atoms with E-state index in [4.69, 9.17) is 9.47 Å². The lowest BCUT2D eigenvalue weighted by atomic mass is 10.1. The molecule has 1 N–H and O–H groups in total. The van der Waals surface area contributed by atoms with Crippen LogP contribution in [0, 0.1) is 0 Å². The third kappa shape index (κ3) is 4.92. The van der Waals surface area contributed by atoms with Crippen molar-refractivity contribution in [2.24, 2.45) is 0 Å². The number of hydrogen-bond donors (Lipinski definition) is 1. The molecule has 3 aromatic carbocycles. The molecule has 0 atom stereocenters. The number of pyridine rings is 1. The SMILES string of the molecule is c1ccc2nc(COc3ccc(COc4ccc(Cc5ncn[nH]5)cc4)cc3)ccc2c1. The largest absolute Gasteiger partial charge is 0.489 e. The number of para-hydroxylation sites is 1. The highest BCUT2D eigenvalue weighted by molar-refractivity contribution is 5.78. The molecule has 6 heteroatoms. The van der Waals surface area contributed by atoms with Crippen LogP contribution in [0.4, 0.5) is 0 Å². The summed E-state index contributed by atoms with van der Waals surface area (Å²) in [5.41, 5.74) is 4.11. The monoisotopic (exact) mass is 422 g/mol. The molecule has 6 nitrogen and oxygen atoms in total. The molecule has 0 aliphatic carbocycles. The summed E-state index contributed by atoms with van der Waals surface area (Å²) >= 11 is 0. The van der Waals surface area contributed by atoms with E-state index in [0.717, 1.165) is 51.5 Å². The summed E-state index contributed by atoms with van der Waals surface area (Å²) in [5.74, 6) is 2.48. The van der Waals surface area contributed by atoms with Crippen LogP contribution in [-0.4, -0.2) is 20.2 Å². The molecule has 5 aromatic rings. The van der Waals surface area contributed by atoms with Gasteiger partial charge in [-0.25, -0.2) is 9.97 Å². The Labute approximate surface area is 185 Å².